The second-order valence-electron chi connectivity index (χ2n) is 3.82. The first kappa shape index (κ1) is 10.2. The molecule has 0 aliphatic carbocycles. The summed E-state index contributed by atoms with van der Waals surface area (Å²) in [7, 11) is 1.82. The number of anilines is 1. The normalized spacial score (nSPS) is 13.0. The van der Waals surface area contributed by atoms with Gasteiger partial charge in [0.25, 0.3) is 0 Å². The van der Waals surface area contributed by atoms with Crippen molar-refractivity contribution in [2.24, 2.45) is 7.05 Å². The smallest absolute Gasteiger partial charge is 0.231 e. The number of imidazole rings is 1. The number of fused-ring (bicyclic) bond motifs is 1. The van der Waals surface area contributed by atoms with Gasteiger partial charge in [-0.1, -0.05) is 0 Å². The Balaban J connectivity index is 2.16. The molecule has 0 atom stereocenters. The second kappa shape index (κ2) is 3.53. The molecule has 17 heavy (non-hydrogen) atoms. The van der Waals surface area contributed by atoms with Gasteiger partial charge in [-0.2, -0.15) is 0 Å². The molecule has 88 valence electrons. The van der Waals surface area contributed by atoms with E-state index in [4.69, 9.17) is 27.4 Å². The molecule has 3 N–H and O–H groups in total. The summed E-state index contributed by atoms with van der Waals surface area (Å²) in [5.74, 6) is 2.08. The van der Waals surface area contributed by atoms with Crippen molar-refractivity contribution in [1.29, 1.82) is 0 Å². The number of H-pyrrole nitrogens is 1. The third-order valence-electron chi connectivity index (χ3n) is 2.82. The van der Waals surface area contributed by atoms with E-state index in [1.165, 1.54) is 0 Å². The number of hydrogen-bond acceptors (Lipinski definition) is 4. The highest BCUT2D eigenvalue weighted by Crippen LogP contribution is 2.36. The molecule has 0 spiro atoms. The number of ether oxygens (including phenoxy) is 2. The van der Waals surface area contributed by atoms with E-state index in [1.54, 1.807) is 4.57 Å². The fraction of sp³-hybridized carbons (Fsp3) is 0.182. The molecule has 5 nitrogen and oxygen atoms in total. The lowest BCUT2D eigenvalue weighted by atomic mass is 10.1. The van der Waals surface area contributed by atoms with Crippen molar-refractivity contribution in [3.63, 3.8) is 0 Å². The highest BCUT2D eigenvalue weighted by atomic mass is 32.1. The van der Waals surface area contributed by atoms with Gasteiger partial charge < -0.3 is 24.8 Å². The van der Waals surface area contributed by atoms with Crippen molar-refractivity contribution in [3.05, 3.63) is 23.0 Å². The average molecular weight is 249 g/mol. The van der Waals surface area contributed by atoms with E-state index in [-0.39, 0.29) is 6.79 Å². The maximum absolute atomic E-state index is 5.97. The van der Waals surface area contributed by atoms with Crippen molar-refractivity contribution in [2.45, 2.75) is 0 Å². The topological polar surface area (TPSA) is 65.2 Å². The first-order valence-corrected chi connectivity index (χ1v) is 5.52. The third kappa shape index (κ3) is 1.49. The lowest BCUT2D eigenvalue weighted by Crippen LogP contribution is -1.96. The summed E-state index contributed by atoms with van der Waals surface area (Å²) in [5.41, 5.74) is 7.70. The van der Waals surface area contributed by atoms with Gasteiger partial charge >= 0.3 is 0 Å². The summed E-state index contributed by atoms with van der Waals surface area (Å²) in [4.78, 5) is 3.08. The van der Waals surface area contributed by atoms with E-state index in [0.29, 0.717) is 10.6 Å². The Hall–Kier alpha value is -1.95. The molecule has 2 heterocycles. The highest BCUT2D eigenvalue weighted by Gasteiger charge is 2.16. The minimum Gasteiger partial charge on any atom is -0.454 e. The van der Waals surface area contributed by atoms with Gasteiger partial charge in [-0.25, -0.2) is 0 Å². The molecule has 0 radical (unpaired) electrons. The highest BCUT2D eigenvalue weighted by molar-refractivity contribution is 7.71. The maximum atomic E-state index is 5.97. The molecule has 6 heteroatoms. The summed E-state index contributed by atoms with van der Waals surface area (Å²) >= 11 is 5.13. The van der Waals surface area contributed by atoms with Crippen molar-refractivity contribution >= 4 is 18.0 Å². The van der Waals surface area contributed by atoms with Crippen molar-refractivity contribution in [3.8, 4) is 22.8 Å². The van der Waals surface area contributed by atoms with Crippen molar-refractivity contribution < 1.29 is 9.47 Å². The molecule has 1 aliphatic rings. The lowest BCUT2D eigenvalue weighted by Gasteiger charge is -2.02. The van der Waals surface area contributed by atoms with Crippen LogP contribution < -0.4 is 15.2 Å². The summed E-state index contributed by atoms with van der Waals surface area (Å²) in [6.45, 7) is 0.263. The Morgan fingerprint density at radius 1 is 1.35 bits per heavy atom. The molecule has 3 rings (SSSR count). The van der Waals surface area contributed by atoms with Crippen LogP contribution in [-0.4, -0.2) is 16.3 Å². The van der Waals surface area contributed by atoms with Crippen LogP contribution in [0.25, 0.3) is 11.3 Å². The number of benzene rings is 1. The Kier molecular flexibility index (Phi) is 2.12. The number of aromatic amines is 1. The third-order valence-corrected chi connectivity index (χ3v) is 3.19. The number of nitrogens with one attached hydrogen (secondary N) is 1. The van der Waals surface area contributed by atoms with Crippen LogP contribution in [0.3, 0.4) is 0 Å². The Morgan fingerprint density at radius 3 is 2.82 bits per heavy atom. The SMILES string of the molecule is Cn1c(N)c(-c2ccc3c(c2)OCO3)[nH]c1=S. The molecule has 0 fully saturated rings. The number of aromatic nitrogens is 2. The van der Waals surface area contributed by atoms with Crippen LogP contribution in [0.2, 0.25) is 0 Å². The molecule has 0 saturated heterocycles. The number of nitrogens with zero attached hydrogens (tertiary/aromatic N) is 1. The summed E-state index contributed by atoms with van der Waals surface area (Å²) in [6, 6.07) is 5.67. The zero-order valence-electron chi connectivity index (χ0n) is 9.19. The van der Waals surface area contributed by atoms with Gasteiger partial charge in [0.2, 0.25) is 6.79 Å². The molecule has 0 amide bonds. The van der Waals surface area contributed by atoms with E-state index in [2.05, 4.69) is 4.98 Å². The Labute approximate surface area is 103 Å². The predicted molar refractivity (Wildman–Crippen MR) is 66.6 cm³/mol. The molecule has 1 aromatic heterocycles. The van der Waals surface area contributed by atoms with Gasteiger partial charge in [-0.15, -0.1) is 0 Å². The van der Waals surface area contributed by atoms with Crippen molar-refractivity contribution in [1.82, 2.24) is 9.55 Å². The fourth-order valence-corrected chi connectivity index (χ4v) is 2.00. The Bertz CT molecular complexity index is 645. The quantitative estimate of drug-likeness (QED) is 0.759. The monoisotopic (exact) mass is 249 g/mol. The van der Waals surface area contributed by atoms with E-state index in [9.17, 15) is 0 Å². The summed E-state index contributed by atoms with van der Waals surface area (Å²) in [6.07, 6.45) is 0. The number of rotatable bonds is 1. The number of nitrogen functional groups attached to an aromatic ring is 1. The van der Waals surface area contributed by atoms with Crippen LogP contribution in [0.5, 0.6) is 11.5 Å². The van der Waals surface area contributed by atoms with Gasteiger partial charge in [0, 0.05) is 12.6 Å². The maximum Gasteiger partial charge on any atom is 0.231 e. The van der Waals surface area contributed by atoms with Crippen molar-refractivity contribution in [2.75, 3.05) is 12.5 Å². The first-order chi connectivity index (χ1) is 8.16. The van der Waals surface area contributed by atoms with Crippen LogP contribution >= 0.6 is 12.2 Å². The molecule has 2 aromatic rings. The predicted octanol–water partition coefficient (Wildman–Crippen LogP) is 2.06. The van der Waals surface area contributed by atoms with E-state index < -0.39 is 0 Å². The lowest BCUT2D eigenvalue weighted by molar-refractivity contribution is 0.174. The van der Waals surface area contributed by atoms with Gasteiger partial charge in [-0.05, 0) is 30.4 Å². The zero-order valence-corrected chi connectivity index (χ0v) is 10.0. The van der Waals surface area contributed by atoms with Gasteiger partial charge in [0.15, 0.2) is 16.3 Å². The zero-order chi connectivity index (χ0) is 12.0. The van der Waals surface area contributed by atoms with Crippen LogP contribution in [0, 0.1) is 4.77 Å². The summed E-state index contributed by atoms with van der Waals surface area (Å²) in [5, 5.41) is 0. The fourth-order valence-electron chi connectivity index (χ4n) is 1.80. The van der Waals surface area contributed by atoms with Gasteiger partial charge in [0.05, 0.1) is 5.69 Å². The van der Waals surface area contributed by atoms with E-state index in [1.807, 2.05) is 25.2 Å². The van der Waals surface area contributed by atoms with Crippen LogP contribution in [0.15, 0.2) is 18.2 Å². The number of hydrogen-bond donors (Lipinski definition) is 2. The molecule has 1 aliphatic heterocycles. The van der Waals surface area contributed by atoms with Gasteiger partial charge in [0.1, 0.15) is 5.82 Å². The largest absolute Gasteiger partial charge is 0.454 e. The standard InChI is InChI=1S/C11H11N3O2S/c1-14-10(12)9(13-11(14)17)6-2-3-7-8(4-6)16-5-15-7/h2-4H,5,12H2,1H3,(H,13,17). The first-order valence-electron chi connectivity index (χ1n) is 5.11. The van der Waals surface area contributed by atoms with Crippen LogP contribution in [0.4, 0.5) is 5.82 Å². The Morgan fingerprint density at radius 2 is 2.12 bits per heavy atom. The minimum atomic E-state index is 0.263. The molecular formula is C11H11N3O2S. The molecule has 0 saturated carbocycles. The average Bonchev–Trinajstić information content (AvgIpc) is 2.89. The number of nitrogens with two attached hydrogens (primary N) is 1. The van der Waals surface area contributed by atoms with Crippen LogP contribution in [-0.2, 0) is 7.05 Å². The summed E-state index contributed by atoms with van der Waals surface area (Å²) < 4.78 is 12.9. The van der Waals surface area contributed by atoms with Crippen LogP contribution in [0.1, 0.15) is 0 Å². The molecule has 0 bridgehead atoms. The van der Waals surface area contributed by atoms with E-state index in [0.717, 1.165) is 22.8 Å². The molecule has 0 unspecified atom stereocenters. The molecular weight excluding hydrogens is 238 g/mol. The molecule has 1 aromatic carbocycles. The van der Waals surface area contributed by atoms with Gasteiger partial charge in [-0.3, -0.25) is 0 Å². The second-order valence-corrected chi connectivity index (χ2v) is 4.20. The minimum absolute atomic E-state index is 0.263. The van der Waals surface area contributed by atoms with E-state index >= 15 is 0 Å².